The van der Waals surface area contributed by atoms with E-state index in [9.17, 15) is 9.59 Å². The minimum atomic E-state index is -0.517. The van der Waals surface area contributed by atoms with Crippen LogP contribution in [0.5, 0.6) is 11.5 Å². The first kappa shape index (κ1) is 19.5. The lowest BCUT2D eigenvalue weighted by atomic mass is 10.2. The Morgan fingerprint density at radius 1 is 0.885 bits per heavy atom. The van der Waals surface area contributed by atoms with Crippen molar-refractivity contribution in [3.63, 3.8) is 0 Å². The molecule has 0 fully saturated rings. The van der Waals surface area contributed by atoms with Crippen LogP contribution in [0.4, 0.5) is 0 Å². The first-order valence-corrected chi connectivity index (χ1v) is 8.62. The highest BCUT2D eigenvalue weighted by Crippen LogP contribution is 2.22. The van der Waals surface area contributed by atoms with Gasteiger partial charge in [-0.25, -0.2) is 9.59 Å². The van der Waals surface area contributed by atoms with Gasteiger partial charge in [0.1, 0.15) is 17.1 Å². The van der Waals surface area contributed by atoms with E-state index in [1.807, 2.05) is 27.7 Å². The van der Waals surface area contributed by atoms with Gasteiger partial charge in [0.25, 0.3) is 0 Å². The van der Waals surface area contributed by atoms with Crippen molar-refractivity contribution in [1.29, 1.82) is 0 Å². The van der Waals surface area contributed by atoms with E-state index in [1.54, 1.807) is 48.5 Å². The Morgan fingerprint density at radius 2 is 1.54 bits per heavy atom. The van der Waals surface area contributed by atoms with Crippen LogP contribution < -0.4 is 9.47 Å². The molecule has 2 rings (SSSR count). The number of benzene rings is 2. The fourth-order valence-corrected chi connectivity index (χ4v) is 2.14. The van der Waals surface area contributed by atoms with Crippen molar-refractivity contribution in [3.05, 3.63) is 59.7 Å². The van der Waals surface area contributed by atoms with Gasteiger partial charge in [-0.05, 0) is 56.2 Å². The highest BCUT2D eigenvalue weighted by atomic mass is 16.5. The van der Waals surface area contributed by atoms with Crippen molar-refractivity contribution >= 4 is 11.9 Å². The van der Waals surface area contributed by atoms with Gasteiger partial charge in [-0.15, -0.1) is 0 Å². The van der Waals surface area contributed by atoms with Gasteiger partial charge in [0.05, 0.1) is 18.3 Å². The predicted molar refractivity (Wildman–Crippen MR) is 98.7 cm³/mol. The summed E-state index contributed by atoms with van der Waals surface area (Å²) in [6.07, 6.45) is -0.0555. The number of para-hydroxylation sites is 1. The summed E-state index contributed by atoms with van der Waals surface area (Å²) in [6.45, 7) is 8.08. The quantitative estimate of drug-likeness (QED) is 0.540. The summed E-state index contributed by atoms with van der Waals surface area (Å²) in [5.41, 5.74) is 0.760. The van der Waals surface area contributed by atoms with Crippen molar-refractivity contribution in [2.45, 2.75) is 33.8 Å². The minimum absolute atomic E-state index is 0.0555. The molecule has 0 aliphatic heterocycles. The highest BCUT2D eigenvalue weighted by molar-refractivity contribution is 5.94. The van der Waals surface area contributed by atoms with Crippen LogP contribution in [-0.2, 0) is 4.74 Å². The normalized spacial score (nSPS) is 10.7. The summed E-state index contributed by atoms with van der Waals surface area (Å²) in [7, 11) is 0. The van der Waals surface area contributed by atoms with Crippen molar-refractivity contribution < 1.29 is 23.8 Å². The maximum atomic E-state index is 12.4. The average Bonchev–Trinajstić information content (AvgIpc) is 2.60. The Morgan fingerprint density at radius 3 is 2.15 bits per heavy atom. The second kappa shape index (κ2) is 9.04. The van der Waals surface area contributed by atoms with E-state index in [4.69, 9.17) is 14.2 Å². The molecule has 138 valence electrons. The molecule has 0 atom stereocenters. The van der Waals surface area contributed by atoms with E-state index in [1.165, 1.54) is 0 Å². The fraction of sp³-hybridized carbons (Fsp3) is 0.333. The topological polar surface area (TPSA) is 61.8 Å². The van der Waals surface area contributed by atoms with E-state index in [2.05, 4.69) is 0 Å². The fourth-order valence-electron chi connectivity index (χ4n) is 2.14. The molecule has 0 unspecified atom stereocenters. The van der Waals surface area contributed by atoms with Crippen LogP contribution in [0, 0.1) is 5.92 Å². The average molecular weight is 356 g/mol. The Bertz CT molecular complexity index is 747. The van der Waals surface area contributed by atoms with E-state index in [0.29, 0.717) is 29.2 Å². The third-order valence-electron chi connectivity index (χ3n) is 3.32. The first-order valence-electron chi connectivity index (χ1n) is 8.62. The standard InChI is InChI=1S/C21H24O5/c1-14(2)13-24-20(22)16-9-11-17(12-10-16)26-21(23)18-7-5-6-8-19(18)25-15(3)4/h5-12,14-15H,13H2,1-4H3. The van der Waals surface area contributed by atoms with Crippen LogP contribution in [0.1, 0.15) is 48.4 Å². The molecule has 0 heterocycles. The molecular formula is C21H24O5. The largest absolute Gasteiger partial charge is 0.490 e. The number of carbonyl (C=O) groups excluding carboxylic acids is 2. The van der Waals surface area contributed by atoms with Gasteiger partial charge in [0, 0.05) is 0 Å². The minimum Gasteiger partial charge on any atom is -0.490 e. The molecule has 5 nitrogen and oxygen atoms in total. The monoisotopic (exact) mass is 356 g/mol. The molecule has 2 aromatic carbocycles. The summed E-state index contributed by atoms with van der Waals surface area (Å²) < 4.78 is 16.2. The zero-order valence-corrected chi connectivity index (χ0v) is 15.5. The first-order chi connectivity index (χ1) is 12.4. The molecule has 0 spiro atoms. The van der Waals surface area contributed by atoms with Crippen molar-refractivity contribution in [3.8, 4) is 11.5 Å². The number of ether oxygens (including phenoxy) is 3. The second-order valence-corrected chi connectivity index (χ2v) is 6.57. The summed E-state index contributed by atoms with van der Waals surface area (Å²) in [5, 5.41) is 0. The molecule has 0 amide bonds. The SMILES string of the molecule is CC(C)COC(=O)c1ccc(OC(=O)c2ccccc2OC(C)C)cc1. The smallest absolute Gasteiger partial charge is 0.347 e. The van der Waals surface area contributed by atoms with Crippen LogP contribution in [0.15, 0.2) is 48.5 Å². The zero-order chi connectivity index (χ0) is 19.1. The molecule has 0 N–H and O–H groups in total. The lowest BCUT2D eigenvalue weighted by molar-refractivity contribution is 0.0459. The van der Waals surface area contributed by atoms with Gasteiger partial charge in [0.2, 0.25) is 0 Å². The predicted octanol–water partition coefficient (Wildman–Crippen LogP) is 4.51. The van der Waals surface area contributed by atoms with Gasteiger partial charge >= 0.3 is 11.9 Å². The molecule has 0 radical (unpaired) electrons. The summed E-state index contributed by atoms with van der Waals surface area (Å²) in [6, 6.07) is 13.2. The van der Waals surface area contributed by atoms with Gasteiger partial charge in [-0.3, -0.25) is 0 Å². The van der Waals surface area contributed by atoms with Crippen LogP contribution in [0.25, 0.3) is 0 Å². The lowest BCUT2D eigenvalue weighted by Gasteiger charge is -2.13. The van der Waals surface area contributed by atoms with Gasteiger partial charge < -0.3 is 14.2 Å². The third kappa shape index (κ3) is 5.62. The second-order valence-electron chi connectivity index (χ2n) is 6.57. The van der Waals surface area contributed by atoms with Gasteiger partial charge in [0.15, 0.2) is 0 Å². The van der Waals surface area contributed by atoms with Crippen molar-refractivity contribution in [2.24, 2.45) is 5.92 Å². The molecule has 5 heteroatoms. The Hall–Kier alpha value is -2.82. The van der Waals surface area contributed by atoms with Crippen molar-refractivity contribution in [1.82, 2.24) is 0 Å². The molecule has 0 saturated carbocycles. The Balaban J connectivity index is 2.05. The van der Waals surface area contributed by atoms with E-state index >= 15 is 0 Å². The van der Waals surface area contributed by atoms with Gasteiger partial charge in [-0.2, -0.15) is 0 Å². The summed E-state index contributed by atoms with van der Waals surface area (Å²) in [5.74, 6) is 0.173. The lowest BCUT2D eigenvalue weighted by Crippen LogP contribution is -2.14. The molecule has 0 saturated heterocycles. The van der Waals surface area contributed by atoms with Crippen molar-refractivity contribution in [2.75, 3.05) is 6.61 Å². The molecular weight excluding hydrogens is 332 g/mol. The van der Waals surface area contributed by atoms with Crippen LogP contribution in [0.2, 0.25) is 0 Å². The molecule has 26 heavy (non-hydrogen) atoms. The third-order valence-corrected chi connectivity index (χ3v) is 3.32. The van der Waals surface area contributed by atoms with Crippen LogP contribution in [0.3, 0.4) is 0 Å². The Labute approximate surface area is 153 Å². The van der Waals surface area contributed by atoms with Crippen LogP contribution in [-0.4, -0.2) is 24.6 Å². The maximum absolute atomic E-state index is 12.4. The Kier molecular flexibility index (Phi) is 6.78. The number of carbonyl (C=O) groups is 2. The molecule has 0 bridgehead atoms. The number of rotatable bonds is 7. The molecule has 0 aromatic heterocycles. The van der Waals surface area contributed by atoms with E-state index in [-0.39, 0.29) is 12.0 Å². The maximum Gasteiger partial charge on any atom is 0.347 e. The molecule has 2 aromatic rings. The zero-order valence-electron chi connectivity index (χ0n) is 15.5. The van der Waals surface area contributed by atoms with Gasteiger partial charge in [-0.1, -0.05) is 26.0 Å². The van der Waals surface area contributed by atoms with E-state index in [0.717, 1.165) is 0 Å². The van der Waals surface area contributed by atoms with E-state index < -0.39 is 11.9 Å². The number of hydrogen-bond donors (Lipinski definition) is 0. The highest BCUT2D eigenvalue weighted by Gasteiger charge is 2.16. The number of hydrogen-bond acceptors (Lipinski definition) is 5. The summed E-state index contributed by atoms with van der Waals surface area (Å²) >= 11 is 0. The van der Waals surface area contributed by atoms with Crippen LogP contribution >= 0.6 is 0 Å². The summed E-state index contributed by atoms with van der Waals surface area (Å²) in [4.78, 5) is 24.3. The number of esters is 2. The molecule has 0 aliphatic carbocycles. The molecule has 0 aliphatic rings.